The largest absolute Gasteiger partial charge is 0.266 e. The van der Waals surface area contributed by atoms with Crippen molar-refractivity contribution in [1.29, 1.82) is 0 Å². The Kier molecular flexibility index (Phi) is 3.18. The molecule has 0 spiro atoms. The topological polar surface area (TPSA) is 17.8 Å². The molecule has 5 heteroatoms. The molecule has 0 amide bonds. The van der Waals surface area contributed by atoms with E-state index in [-0.39, 0.29) is 0 Å². The first kappa shape index (κ1) is 10.5. The van der Waals surface area contributed by atoms with Crippen molar-refractivity contribution in [1.82, 2.24) is 8.96 Å². The molecule has 72 valence electrons. The molecular weight excluding hydrogens is 375 g/mol. The Bertz CT molecular complexity index is 495. The number of rotatable bonds is 2. The standard InChI is InChI=1S/C9H6BrIN2S/c1-2-6-5-13(14-11)9-8(6)3-7(10)4-12-9/h2-5H,1H2. The van der Waals surface area contributed by atoms with Crippen molar-refractivity contribution in [2.75, 3.05) is 0 Å². The third-order valence-corrected chi connectivity index (χ3v) is 4.04. The predicted octanol–water partition coefficient (Wildman–Crippen LogP) is 4.29. The van der Waals surface area contributed by atoms with Crippen LogP contribution in [-0.4, -0.2) is 8.96 Å². The number of hydrogen-bond acceptors (Lipinski definition) is 2. The maximum Gasteiger partial charge on any atom is 0.151 e. The lowest BCUT2D eigenvalue weighted by Crippen LogP contribution is -1.82. The normalized spacial score (nSPS) is 10.7. The van der Waals surface area contributed by atoms with Gasteiger partial charge in [0.2, 0.25) is 0 Å². The summed E-state index contributed by atoms with van der Waals surface area (Å²) in [5.74, 6) is 0. The van der Waals surface area contributed by atoms with E-state index in [4.69, 9.17) is 0 Å². The first-order chi connectivity index (χ1) is 6.76. The Balaban J connectivity index is 2.82. The minimum Gasteiger partial charge on any atom is -0.266 e. The van der Waals surface area contributed by atoms with Crippen molar-refractivity contribution in [3.63, 3.8) is 0 Å². The molecule has 0 aromatic carbocycles. The van der Waals surface area contributed by atoms with Crippen LogP contribution in [0, 0.1) is 0 Å². The van der Waals surface area contributed by atoms with E-state index in [1.54, 1.807) is 15.3 Å². The van der Waals surface area contributed by atoms with Crippen LogP contribution in [0.15, 0.2) is 29.5 Å². The molecule has 2 aromatic heterocycles. The van der Waals surface area contributed by atoms with Gasteiger partial charge in [-0.25, -0.2) is 4.98 Å². The zero-order valence-electron chi connectivity index (χ0n) is 7.08. The van der Waals surface area contributed by atoms with E-state index in [0.717, 1.165) is 21.1 Å². The van der Waals surface area contributed by atoms with Crippen LogP contribution >= 0.6 is 46.3 Å². The molecule has 0 unspecified atom stereocenters. The van der Waals surface area contributed by atoms with Gasteiger partial charge in [-0.15, -0.1) is 0 Å². The monoisotopic (exact) mass is 380 g/mol. The van der Waals surface area contributed by atoms with Crippen LogP contribution in [0.3, 0.4) is 0 Å². The van der Waals surface area contributed by atoms with Gasteiger partial charge in [-0.1, -0.05) is 12.7 Å². The second-order valence-electron chi connectivity index (χ2n) is 2.71. The lowest BCUT2D eigenvalue weighted by atomic mass is 10.2. The minimum atomic E-state index is 0.975. The molecule has 0 saturated carbocycles. The summed E-state index contributed by atoms with van der Waals surface area (Å²) in [7, 11) is 1.60. The fourth-order valence-electron chi connectivity index (χ4n) is 1.29. The maximum absolute atomic E-state index is 4.36. The highest BCUT2D eigenvalue weighted by Crippen LogP contribution is 2.29. The molecule has 0 fully saturated rings. The average molecular weight is 381 g/mol. The predicted molar refractivity (Wildman–Crippen MR) is 74.5 cm³/mol. The third kappa shape index (κ3) is 1.72. The number of halogens is 2. The van der Waals surface area contributed by atoms with Crippen LogP contribution in [0.1, 0.15) is 5.56 Å². The van der Waals surface area contributed by atoms with E-state index >= 15 is 0 Å². The molecule has 2 aromatic rings. The molecular formula is C9H6BrIN2S. The molecule has 0 atom stereocenters. The Hall–Kier alpha value is -0.0100. The molecule has 2 rings (SSSR count). The van der Waals surface area contributed by atoms with Crippen LogP contribution in [-0.2, 0) is 0 Å². The fraction of sp³-hybridized carbons (Fsp3) is 0. The van der Waals surface area contributed by atoms with E-state index in [2.05, 4.69) is 54.8 Å². The van der Waals surface area contributed by atoms with Gasteiger partial charge in [0, 0.05) is 58.1 Å². The van der Waals surface area contributed by atoms with Crippen LogP contribution in [0.4, 0.5) is 0 Å². The third-order valence-electron chi connectivity index (χ3n) is 1.90. The second kappa shape index (κ2) is 4.24. The number of nitrogens with zero attached hydrogens (tertiary/aromatic N) is 2. The van der Waals surface area contributed by atoms with Crippen molar-refractivity contribution >= 4 is 63.4 Å². The summed E-state index contributed by atoms with van der Waals surface area (Å²) in [4.78, 5) is 4.36. The van der Waals surface area contributed by atoms with Crippen molar-refractivity contribution in [3.05, 3.63) is 35.1 Å². The van der Waals surface area contributed by atoms with Gasteiger partial charge < -0.3 is 0 Å². The van der Waals surface area contributed by atoms with Crippen LogP contribution in [0.2, 0.25) is 0 Å². The molecule has 0 saturated heterocycles. The first-order valence-electron chi connectivity index (χ1n) is 3.84. The summed E-state index contributed by atoms with van der Waals surface area (Å²) in [6, 6.07) is 2.06. The van der Waals surface area contributed by atoms with Gasteiger partial charge in [0.05, 0.1) is 0 Å². The number of pyridine rings is 1. The Labute approximate surface area is 107 Å². The van der Waals surface area contributed by atoms with Crippen LogP contribution < -0.4 is 0 Å². The Morgan fingerprint density at radius 2 is 2.43 bits per heavy atom. The smallest absolute Gasteiger partial charge is 0.151 e. The van der Waals surface area contributed by atoms with Crippen LogP contribution in [0.5, 0.6) is 0 Å². The summed E-state index contributed by atoms with van der Waals surface area (Å²) < 4.78 is 3.02. The molecule has 2 heterocycles. The fourth-order valence-corrected chi connectivity index (χ4v) is 2.89. The van der Waals surface area contributed by atoms with Gasteiger partial charge in [0.1, 0.15) is 0 Å². The lowest BCUT2D eigenvalue weighted by Gasteiger charge is -1.96. The van der Waals surface area contributed by atoms with E-state index < -0.39 is 0 Å². The quantitative estimate of drug-likeness (QED) is 0.723. The van der Waals surface area contributed by atoms with Crippen molar-refractivity contribution < 1.29 is 0 Å². The molecule has 2 nitrogen and oxygen atoms in total. The summed E-state index contributed by atoms with van der Waals surface area (Å²) >= 11 is 5.65. The zero-order valence-corrected chi connectivity index (χ0v) is 11.6. The average Bonchev–Trinajstić information content (AvgIpc) is 2.55. The highest BCUT2D eigenvalue weighted by Gasteiger charge is 2.07. The van der Waals surface area contributed by atoms with Gasteiger partial charge in [0.15, 0.2) is 5.65 Å². The van der Waals surface area contributed by atoms with Crippen molar-refractivity contribution in [2.45, 2.75) is 0 Å². The van der Waals surface area contributed by atoms with Gasteiger partial charge >= 0.3 is 0 Å². The minimum absolute atomic E-state index is 0.975. The Morgan fingerprint density at radius 3 is 3.07 bits per heavy atom. The molecule has 0 aliphatic carbocycles. The first-order valence-corrected chi connectivity index (χ1v) is 7.95. The molecule has 0 aliphatic heterocycles. The summed E-state index contributed by atoms with van der Waals surface area (Å²) in [5, 5.41) is 1.12. The number of hydrogen-bond donors (Lipinski definition) is 0. The molecule has 0 radical (unpaired) electrons. The SMILES string of the molecule is C=Cc1cn(SI)c2ncc(Br)cc12. The zero-order chi connectivity index (χ0) is 10.1. The van der Waals surface area contributed by atoms with Gasteiger partial charge in [-0.2, -0.15) is 0 Å². The van der Waals surface area contributed by atoms with Crippen molar-refractivity contribution in [2.24, 2.45) is 0 Å². The molecule has 14 heavy (non-hydrogen) atoms. The number of fused-ring (bicyclic) bond motifs is 1. The van der Waals surface area contributed by atoms with E-state index in [1.165, 1.54) is 0 Å². The van der Waals surface area contributed by atoms with E-state index in [1.807, 2.05) is 16.2 Å². The summed E-state index contributed by atoms with van der Waals surface area (Å²) in [6.45, 7) is 3.79. The van der Waals surface area contributed by atoms with Crippen molar-refractivity contribution in [3.8, 4) is 0 Å². The van der Waals surface area contributed by atoms with E-state index in [0.29, 0.717) is 0 Å². The lowest BCUT2D eigenvalue weighted by molar-refractivity contribution is 1.26. The maximum atomic E-state index is 4.36. The molecule has 0 aliphatic rings. The van der Waals surface area contributed by atoms with E-state index in [9.17, 15) is 0 Å². The number of aromatic nitrogens is 2. The van der Waals surface area contributed by atoms with Gasteiger partial charge in [0.25, 0.3) is 0 Å². The summed E-state index contributed by atoms with van der Waals surface area (Å²) in [6.07, 6.45) is 5.69. The summed E-state index contributed by atoms with van der Waals surface area (Å²) in [5.41, 5.74) is 2.08. The molecule has 0 N–H and O–H groups in total. The highest BCUT2D eigenvalue weighted by atomic mass is 127. The second-order valence-corrected chi connectivity index (χ2v) is 5.34. The van der Waals surface area contributed by atoms with Gasteiger partial charge in [-0.05, 0) is 22.0 Å². The molecule has 0 bridgehead atoms. The Morgan fingerprint density at radius 1 is 1.64 bits per heavy atom. The van der Waals surface area contributed by atoms with Crippen LogP contribution in [0.25, 0.3) is 17.1 Å². The van der Waals surface area contributed by atoms with Gasteiger partial charge in [-0.3, -0.25) is 3.97 Å². The highest BCUT2D eigenvalue weighted by molar-refractivity contribution is 14.2.